The van der Waals surface area contributed by atoms with Gasteiger partial charge in [0.05, 0.1) is 0 Å². The largest absolute Gasteiger partial charge is 0.480 e. The quantitative estimate of drug-likeness (QED) is 0.621. The summed E-state index contributed by atoms with van der Waals surface area (Å²) in [6.07, 6.45) is -4.70. The van der Waals surface area contributed by atoms with E-state index in [0.29, 0.717) is 4.31 Å². The summed E-state index contributed by atoms with van der Waals surface area (Å²) in [5, 5.41) is 8.57. The number of halogens is 3. The lowest BCUT2D eigenvalue weighted by Crippen LogP contribution is -2.48. The number of carboxylic acid groups (broad SMARTS) is 1. The number of carboxylic acids is 1. The molecule has 0 aliphatic heterocycles. The molecule has 0 heterocycles. The highest BCUT2D eigenvalue weighted by molar-refractivity contribution is 7.87. The Kier molecular flexibility index (Phi) is 6.69. The maximum Gasteiger partial charge on any atom is 0.402 e. The van der Waals surface area contributed by atoms with Crippen LogP contribution in [0.15, 0.2) is 0 Å². The van der Waals surface area contributed by atoms with E-state index >= 15 is 0 Å². The van der Waals surface area contributed by atoms with Crippen LogP contribution in [0.4, 0.5) is 13.2 Å². The van der Waals surface area contributed by atoms with Crippen molar-refractivity contribution in [2.45, 2.75) is 6.18 Å². The molecular formula is C8H16F3N3O4S. The molecule has 0 spiro atoms. The van der Waals surface area contributed by atoms with E-state index in [9.17, 15) is 26.4 Å². The Morgan fingerprint density at radius 2 is 1.79 bits per heavy atom. The number of carbonyl (C=O) groups is 1. The summed E-state index contributed by atoms with van der Waals surface area (Å²) >= 11 is 0. The normalized spacial score (nSPS) is 13.2. The maximum absolute atomic E-state index is 12.0. The van der Waals surface area contributed by atoms with Gasteiger partial charge in [0, 0.05) is 13.1 Å². The first kappa shape index (κ1) is 18.1. The number of alkyl halides is 3. The Morgan fingerprint density at radius 3 is 2.16 bits per heavy atom. The minimum atomic E-state index is -4.70. The van der Waals surface area contributed by atoms with Gasteiger partial charge in [-0.3, -0.25) is 4.79 Å². The molecule has 0 aliphatic rings. The fraction of sp³-hybridized carbons (Fsp3) is 0.875. The molecule has 0 rings (SSSR count). The van der Waals surface area contributed by atoms with Crippen molar-refractivity contribution in [2.24, 2.45) is 0 Å². The second-order valence-corrected chi connectivity index (χ2v) is 5.73. The molecule has 2 N–H and O–H groups in total. The van der Waals surface area contributed by atoms with Gasteiger partial charge in [-0.15, -0.1) is 0 Å². The van der Waals surface area contributed by atoms with Gasteiger partial charge in [0.15, 0.2) is 0 Å². The summed E-state index contributed by atoms with van der Waals surface area (Å²) in [7, 11) is -1.25. The highest BCUT2D eigenvalue weighted by Gasteiger charge is 2.32. The lowest BCUT2D eigenvalue weighted by Gasteiger charge is -2.22. The first-order valence-electron chi connectivity index (χ1n) is 5.12. The zero-order valence-corrected chi connectivity index (χ0v) is 11.3. The predicted molar refractivity (Wildman–Crippen MR) is 60.7 cm³/mol. The summed E-state index contributed by atoms with van der Waals surface area (Å²) in [5.74, 6) is -1.45. The van der Waals surface area contributed by atoms with Crippen LogP contribution in [-0.4, -0.2) is 75.1 Å². The van der Waals surface area contributed by atoms with E-state index in [-0.39, 0.29) is 13.1 Å². The standard InChI is InChI=1S/C8H16F3N3O4S/c1-13(2)3-4-14(5-7(15)16)19(17,18)12-6-8(9,10)11/h12H,3-6H2,1-2H3,(H,15,16). The molecule has 0 saturated carbocycles. The van der Waals surface area contributed by atoms with Crippen molar-refractivity contribution in [3.63, 3.8) is 0 Å². The molecule has 0 unspecified atom stereocenters. The van der Waals surface area contributed by atoms with E-state index in [2.05, 4.69) is 0 Å². The highest BCUT2D eigenvalue weighted by atomic mass is 32.2. The molecule has 0 fully saturated rings. The Hall–Kier alpha value is -0.910. The molecule has 0 amide bonds. The van der Waals surface area contributed by atoms with Crippen molar-refractivity contribution in [3.8, 4) is 0 Å². The second-order valence-electron chi connectivity index (χ2n) is 3.97. The first-order chi connectivity index (χ1) is 8.44. The van der Waals surface area contributed by atoms with Crippen molar-refractivity contribution in [1.82, 2.24) is 13.9 Å². The highest BCUT2D eigenvalue weighted by Crippen LogP contribution is 2.13. The maximum atomic E-state index is 12.0. The summed E-state index contributed by atoms with van der Waals surface area (Å²) in [6, 6.07) is 0. The number of hydrogen-bond donors (Lipinski definition) is 2. The fourth-order valence-corrected chi connectivity index (χ4v) is 2.14. The summed E-state index contributed by atoms with van der Waals surface area (Å²) < 4.78 is 60.7. The minimum absolute atomic E-state index is 0.181. The zero-order valence-electron chi connectivity index (χ0n) is 10.4. The number of likely N-dealkylation sites (N-methyl/N-ethyl adjacent to an activating group) is 1. The molecule has 0 aromatic carbocycles. The smallest absolute Gasteiger partial charge is 0.402 e. The van der Waals surface area contributed by atoms with E-state index in [1.165, 1.54) is 4.72 Å². The van der Waals surface area contributed by atoms with Crippen LogP contribution in [0.5, 0.6) is 0 Å². The van der Waals surface area contributed by atoms with E-state index < -0.39 is 35.4 Å². The number of nitrogens with one attached hydrogen (secondary N) is 1. The average Bonchev–Trinajstić information content (AvgIpc) is 2.19. The molecule has 0 radical (unpaired) electrons. The third-order valence-corrected chi connectivity index (χ3v) is 3.40. The molecule has 114 valence electrons. The third kappa shape index (κ3) is 8.75. The van der Waals surface area contributed by atoms with Gasteiger partial charge in [-0.1, -0.05) is 0 Å². The average molecular weight is 307 g/mol. The fourth-order valence-electron chi connectivity index (χ4n) is 1.01. The van der Waals surface area contributed by atoms with Crippen LogP contribution in [0, 0.1) is 0 Å². The van der Waals surface area contributed by atoms with Crippen LogP contribution in [0.25, 0.3) is 0 Å². The van der Waals surface area contributed by atoms with Gasteiger partial charge in [-0.25, -0.2) is 0 Å². The van der Waals surface area contributed by atoms with Crippen LogP contribution >= 0.6 is 0 Å². The third-order valence-electron chi connectivity index (χ3n) is 1.90. The monoisotopic (exact) mass is 307 g/mol. The van der Waals surface area contributed by atoms with Gasteiger partial charge < -0.3 is 10.0 Å². The Morgan fingerprint density at radius 1 is 1.26 bits per heavy atom. The predicted octanol–water partition coefficient (Wildman–Crippen LogP) is -0.669. The Balaban J connectivity index is 4.76. The molecular weight excluding hydrogens is 291 g/mol. The van der Waals surface area contributed by atoms with Crippen LogP contribution in [-0.2, 0) is 15.0 Å². The van der Waals surface area contributed by atoms with E-state index in [0.717, 1.165) is 0 Å². The summed E-state index contributed by atoms with van der Waals surface area (Å²) in [6.45, 7) is -2.69. The SMILES string of the molecule is CN(C)CCN(CC(=O)O)S(=O)(=O)NCC(F)(F)F. The van der Waals surface area contributed by atoms with E-state index in [1.54, 1.807) is 19.0 Å². The summed E-state index contributed by atoms with van der Waals surface area (Å²) in [4.78, 5) is 12.1. The first-order valence-corrected chi connectivity index (χ1v) is 6.56. The summed E-state index contributed by atoms with van der Waals surface area (Å²) in [5.41, 5.74) is 0. The van der Waals surface area contributed by atoms with Crippen LogP contribution in [0.3, 0.4) is 0 Å². The van der Waals surface area contributed by atoms with Gasteiger partial charge in [-0.2, -0.15) is 30.6 Å². The molecule has 0 aromatic heterocycles. The van der Waals surface area contributed by atoms with Crippen LogP contribution < -0.4 is 4.72 Å². The lowest BCUT2D eigenvalue weighted by molar-refractivity contribution is -0.137. The molecule has 7 nitrogen and oxygen atoms in total. The lowest BCUT2D eigenvalue weighted by atomic mass is 10.5. The van der Waals surface area contributed by atoms with E-state index in [4.69, 9.17) is 5.11 Å². The number of nitrogens with zero attached hydrogens (tertiary/aromatic N) is 2. The topological polar surface area (TPSA) is 90.0 Å². The van der Waals surface area contributed by atoms with Crippen molar-refractivity contribution in [1.29, 1.82) is 0 Å². The second kappa shape index (κ2) is 7.03. The molecule has 0 aliphatic carbocycles. The Labute approximate surface area is 109 Å². The number of rotatable bonds is 8. The van der Waals surface area contributed by atoms with Gasteiger partial charge in [0.1, 0.15) is 13.1 Å². The van der Waals surface area contributed by atoms with Gasteiger partial charge in [-0.05, 0) is 14.1 Å². The number of aliphatic carboxylic acids is 1. The van der Waals surface area contributed by atoms with Crippen molar-refractivity contribution < 1.29 is 31.5 Å². The van der Waals surface area contributed by atoms with Gasteiger partial charge in [0.2, 0.25) is 0 Å². The van der Waals surface area contributed by atoms with Crippen LogP contribution in [0.2, 0.25) is 0 Å². The number of hydrogen-bond acceptors (Lipinski definition) is 4. The van der Waals surface area contributed by atoms with Crippen molar-refractivity contribution in [2.75, 3.05) is 40.3 Å². The van der Waals surface area contributed by atoms with Crippen LogP contribution in [0.1, 0.15) is 0 Å². The van der Waals surface area contributed by atoms with Crippen molar-refractivity contribution >= 4 is 16.2 Å². The minimum Gasteiger partial charge on any atom is -0.480 e. The van der Waals surface area contributed by atoms with E-state index in [1.807, 2.05) is 0 Å². The van der Waals surface area contributed by atoms with Gasteiger partial charge in [0.25, 0.3) is 10.2 Å². The molecule has 0 bridgehead atoms. The molecule has 11 heteroatoms. The zero-order chi connectivity index (χ0) is 15.3. The van der Waals surface area contributed by atoms with Crippen molar-refractivity contribution in [3.05, 3.63) is 0 Å². The molecule has 0 aromatic rings. The Bertz CT molecular complexity index is 397. The molecule has 0 saturated heterocycles. The molecule has 0 atom stereocenters. The van der Waals surface area contributed by atoms with Gasteiger partial charge >= 0.3 is 12.1 Å². The molecule has 19 heavy (non-hydrogen) atoms.